The number of amides is 1. The number of nitro groups is 1. The van der Waals surface area contributed by atoms with Crippen molar-refractivity contribution in [1.29, 1.82) is 0 Å². The molecular weight excluding hydrogens is 244 g/mol. The Morgan fingerprint density at radius 2 is 1.74 bits per heavy atom. The molecule has 0 aromatic heterocycles. The summed E-state index contributed by atoms with van der Waals surface area (Å²) in [6.07, 6.45) is 0. The van der Waals surface area contributed by atoms with E-state index in [1.807, 2.05) is 13.8 Å². The van der Waals surface area contributed by atoms with Crippen molar-refractivity contribution >= 4 is 22.4 Å². The Kier molecular flexibility index (Phi) is 5.00. The van der Waals surface area contributed by atoms with E-state index in [-0.39, 0.29) is 11.6 Å². The Morgan fingerprint density at radius 1 is 1.16 bits per heavy atom. The molecule has 1 N–H and O–H groups in total. The summed E-state index contributed by atoms with van der Waals surface area (Å²) in [5.74, 6) is -0.329. The van der Waals surface area contributed by atoms with Crippen LogP contribution in [-0.2, 0) is 0 Å². The number of hydrogen-bond donors (Lipinski definition) is 1. The van der Waals surface area contributed by atoms with E-state index in [4.69, 9.17) is 0 Å². The van der Waals surface area contributed by atoms with Crippen LogP contribution >= 0.6 is 0 Å². The van der Waals surface area contributed by atoms with Gasteiger partial charge in [-0.1, -0.05) is 38.1 Å². The van der Waals surface area contributed by atoms with Crippen molar-refractivity contribution < 1.29 is 9.72 Å². The SMILES string of the molecule is CC.CNC(=O)c1cccc2cccc([N+](=O)[O-])c12. The van der Waals surface area contributed by atoms with Crippen molar-refractivity contribution in [2.45, 2.75) is 13.8 Å². The molecule has 0 aliphatic carbocycles. The van der Waals surface area contributed by atoms with E-state index in [9.17, 15) is 14.9 Å². The Labute approximate surface area is 111 Å². The number of fused-ring (bicyclic) bond motifs is 1. The number of hydrogen-bond acceptors (Lipinski definition) is 3. The van der Waals surface area contributed by atoms with Gasteiger partial charge in [0, 0.05) is 13.1 Å². The summed E-state index contributed by atoms with van der Waals surface area (Å²) in [5, 5.41) is 14.5. The summed E-state index contributed by atoms with van der Waals surface area (Å²) in [5.41, 5.74) is 0.263. The normalized spacial score (nSPS) is 9.42. The molecule has 2 aromatic carbocycles. The van der Waals surface area contributed by atoms with Crippen LogP contribution in [0.4, 0.5) is 5.69 Å². The van der Waals surface area contributed by atoms with E-state index < -0.39 is 4.92 Å². The topological polar surface area (TPSA) is 72.2 Å². The van der Waals surface area contributed by atoms with Gasteiger partial charge in [0.15, 0.2) is 0 Å². The molecule has 0 radical (unpaired) electrons. The fourth-order valence-corrected chi connectivity index (χ4v) is 1.80. The number of nitrogens with zero attached hydrogens (tertiary/aromatic N) is 1. The van der Waals surface area contributed by atoms with Crippen molar-refractivity contribution in [2.24, 2.45) is 0 Å². The minimum atomic E-state index is -0.477. The van der Waals surface area contributed by atoms with Crippen LogP contribution in [-0.4, -0.2) is 17.9 Å². The molecule has 0 aliphatic rings. The highest BCUT2D eigenvalue weighted by Crippen LogP contribution is 2.28. The standard InChI is InChI=1S/C12H10N2O3.C2H6/c1-13-12(15)9-6-2-4-8-5-3-7-10(11(8)9)14(16)17;1-2/h2-7H,1H3,(H,13,15);1-2H3. The lowest BCUT2D eigenvalue weighted by Crippen LogP contribution is -2.18. The largest absolute Gasteiger partial charge is 0.355 e. The van der Waals surface area contributed by atoms with Crippen LogP contribution in [0.3, 0.4) is 0 Å². The first-order chi connectivity index (χ1) is 9.15. The third-order valence-corrected chi connectivity index (χ3v) is 2.55. The summed E-state index contributed by atoms with van der Waals surface area (Å²) >= 11 is 0. The molecule has 0 aliphatic heterocycles. The fraction of sp³-hybridized carbons (Fsp3) is 0.214. The zero-order valence-electron chi connectivity index (χ0n) is 11.1. The molecule has 1 amide bonds. The quantitative estimate of drug-likeness (QED) is 0.666. The van der Waals surface area contributed by atoms with Crippen LogP contribution in [0.5, 0.6) is 0 Å². The van der Waals surface area contributed by atoms with Gasteiger partial charge in [-0.15, -0.1) is 0 Å². The fourth-order valence-electron chi connectivity index (χ4n) is 1.80. The van der Waals surface area contributed by atoms with E-state index in [2.05, 4.69) is 5.32 Å². The second kappa shape index (κ2) is 6.49. The van der Waals surface area contributed by atoms with Gasteiger partial charge in [0.1, 0.15) is 0 Å². The Hall–Kier alpha value is -2.43. The zero-order chi connectivity index (χ0) is 14.4. The number of carbonyl (C=O) groups excluding carboxylic acids is 1. The van der Waals surface area contributed by atoms with E-state index in [1.54, 1.807) is 30.3 Å². The van der Waals surface area contributed by atoms with Crippen LogP contribution in [0.15, 0.2) is 36.4 Å². The lowest BCUT2D eigenvalue weighted by molar-refractivity contribution is -0.383. The monoisotopic (exact) mass is 260 g/mol. The second-order valence-electron chi connectivity index (χ2n) is 3.52. The summed E-state index contributed by atoms with van der Waals surface area (Å²) in [4.78, 5) is 22.1. The lowest BCUT2D eigenvalue weighted by Gasteiger charge is -2.05. The molecule has 5 heteroatoms. The number of benzene rings is 2. The zero-order valence-corrected chi connectivity index (χ0v) is 11.1. The molecule has 0 heterocycles. The molecule has 5 nitrogen and oxygen atoms in total. The maximum absolute atomic E-state index is 11.7. The van der Waals surface area contributed by atoms with Gasteiger partial charge in [0.2, 0.25) is 0 Å². The van der Waals surface area contributed by atoms with Crippen molar-refractivity contribution in [1.82, 2.24) is 5.32 Å². The van der Waals surface area contributed by atoms with Gasteiger partial charge in [-0.3, -0.25) is 14.9 Å². The first kappa shape index (κ1) is 14.6. The highest BCUT2D eigenvalue weighted by atomic mass is 16.6. The molecule has 2 aromatic rings. The minimum Gasteiger partial charge on any atom is -0.355 e. The second-order valence-corrected chi connectivity index (χ2v) is 3.52. The van der Waals surface area contributed by atoms with Crippen molar-refractivity contribution in [2.75, 3.05) is 7.05 Å². The Balaban J connectivity index is 0.000000861. The third-order valence-electron chi connectivity index (χ3n) is 2.55. The summed E-state index contributed by atoms with van der Waals surface area (Å²) in [6.45, 7) is 4.00. The minimum absolute atomic E-state index is 0.0540. The molecular formula is C14H16N2O3. The molecule has 0 atom stereocenters. The molecule has 0 unspecified atom stereocenters. The Bertz CT molecular complexity index is 603. The maximum atomic E-state index is 11.7. The van der Waals surface area contributed by atoms with Gasteiger partial charge in [0.25, 0.3) is 11.6 Å². The van der Waals surface area contributed by atoms with Crippen LogP contribution < -0.4 is 5.32 Å². The van der Waals surface area contributed by atoms with E-state index in [1.165, 1.54) is 13.1 Å². The van der Waals surface area contributed by atoms with Crippen molar-refractivity contribution in [3.05, 3.63) is 52.1 Å². The van der Waals surface area contributed by atoms with E-state index in [0.29, 0.717) is 16.3 Å². The molecule has 0 saturated carbocycles. The molecule has 0 bridgehead atoms. The molecule has 0 spiro atoms. The predicted octanol–water partition coefficient (Wildman–Crippen LogP) is 3.13. The average Bonchev–Trinajstić information content (AvgIpc) is 2.47. The average molecular weight is 260 g/mol. The maximum Gasteiger partial charge on any atom is 0.277 e. The van der Waals surface area contributed by atoms with Crippen LogP contribution in [0, 0.1) is 10.1 Å². The van der Waals surface area contributed by atoms with E-state index in [0.717, 1.165) is 0 Å². The molecule has 100 valence electrons. The highest BCUT2D eigenvalue weighted by Gasteiger charge is 2.17. The number of nitrogens with one attached hydrogen (secondary N) is 1. The summed E-state index contributed by atoms with van der Waals surface area (Å²) in [6, 6.07) is 9.78. The van der Waals surface area contributed by atoms with E-state index >= 15 is 0 Å². The molecule has 0 saturated heterocycles. The number of carbonyl (C=O) groups is 1. The number of non-ortho nitro benzene ring substituents is 1. The van der Waals surface area contributed by atoms with Crippen molar-refractivity contribution in [3.8, 4) is 0 Å². The van der Waals surface area contributed by atoms with Crippen LogP contribution in [0.25, 0.3) is 10.8 Å². The Morgan fingerprint density at radius 3 is 2.26 bits per heavy atom. The molecule has 19 heavy (non-hydrogen) atoms. The predicted molar refractivity (Wildman–Crippen MR) is 75.3 cm³/mol. The van der Waals surface area contributed by atoms with Gasteiger partial charge < -0.3 is 5.32 Å². The highest BCUT2D eigenvalue weighted by molar-refractivity contribution is 6.10. The van der Waals surface area contributed by atoms with Crippen LogP contribution in [0.2, 0.25) is 0 Å². The molecule has 2 rings (SSSR count). The first-order valence-electron chi connectivity index (χ1n) is 6.03. The number of nitro benzene ring substituents is 1. The van der Waals surface area contributed by atoms with Gasteiger partial charge in [-0.25, -0.2) is 0 Å². The number of rotatable bonds is 2. The van der Waals surface area contributed by atoms with Gasteiger partial charge >= 0.3 is 0 Å². The summed E-state index contributed by atoms with van der Waals surface area (Å²) in [7, 11) is 1.50. The van der Waals surface area contributed by atoms with Gasteiger partial charge in [-0.05, 0) is 11.5 Å². The van der Waals surface area contributed by atoms with Gasteiger partial charge in [-0.2, -0.15) is 0 Å². The van der Waals surface area contributed by atoms with Crippen molar-refractivity contribution in [3.63, 3.8) is 0 Å². The third kappa shape index (κ3) is 2.88. The molecule has 0 fully saturated rings. The lowest BCUT2D eigenvalue weighted by atomic mass is 10.0. The first-order valence-corrected chi connectivity index (χ1v) is 6.03. The summed E-state index contributed by atoms with van der Waals surface area (Å²) < 4.78 is 0. The smallest absolute Gasteiger partial charge is 0.277 e. The van der Waals surface area contributed by atoms with Crippen LogP contribution in [0.1, 0.15) is 24.2 Å². The van der Waals surface area contributed by atoms with Gasteiger partial charge in [0.05, 0.1) is 15.9 Å².